The summed E-state index contributed by atoms with van der Waals surface area (Å²) in [6, 6.07) is 0. The highest BCUT2D eigenvalue weighted by Gasteiger charge is 2.17. The molecule has 4 N–H and O–H groups in total. The minimum Gasteiger partial charge on any atom is -0.396 e. The van der Waals surface area contributed by atoms with E-state index in [1.54, 1.807) is 6.20 Å². The molecule has 0 spiro atoms. The number of rotatable bonds is 6. The summed E-state index contributed by atoms with van der Waals surface area (Å²) in [4.78, 5) is 4.13. The SMILES string of the molecule is CC(C)(CCCO)CNc1ncc(N)s1. The second-order valence-electron chi connectivity index (χ2n) is 4.41. The molecule has 0 bridgehead atoms. The molecule has 0 fully saturated rings. The minimum absolute atomic E-state index is 0.170. The Hall–Kier alpha value is -0.810. The number of hydrogen-bond donors (Lipinski definition) is 3. The highest BCUT2D eigenvalue weighted by atomic mass is 32.1. The molecule has 0 saturated heterocycles. The third kappa shape index (κ3) is 4.48. The molecule has 1 heterocycles. The van der Waals surface area contributed by atoms with E-state index < -0.39 is 0 Å². The topological polar surface area (TPSA) is 71.2 Å². The summed E-state index contributed by atoms with van der Waals surface area (Å²) in [6.07, 6.45) is 3.50. The maximum Gasteiger partial charge on any atom is 0.184 e. The van der Waals surface area contributed by atoms with Crippen LogP contribution in [0.25, 0.3) is 0 Å². The van der Waals surface area contributed by atoms with Crippen molar-refractivity contribution in [1.82, 2.24) is 4.98 Å². The number of nitrogens with two attached hydrogens (primary N) is 1. The summed E-state index contributed by atoms with van der Waals surface area (Å²) in [6.45, 7) is 5.45. The molecular weight excluding hydrogens is 210 g/mol. The summed E-state index contributed by atoms with van der Waals surface area (Å²) in [7, 11) is 0. The van der Waals surface area contributed by atoms with Crippen LogP contribution in [0.15, 0.2) is 6.20 Å². The van der Waals surface area contributed by atoms with Gasteiger partial charge in [0.05, 0.1) is 6.20 Å². The molecule has 1 aromatic heterocycles. The van der Waals surface area contributed by atoms with Crippen LogP contribution in [-0.4, -0.2) is 23.2 Å². The largest absolute Gasteiger partial charge is 0.396 e. The summed E-state index contributed by atoms with van der Waals surface area (Å²) in [5.41, 5.74) is 5.75. The van der Waals surface area contributed by atoms with Crippen LogP contribution >= 0.6 is 11.3 Å². The van der Waals surface area contributed by atoms with E-state index in [0.717, 1.165) is 29.5 Å². The Labute approximate surface area is 94.5 Å². The maximum absolute atomic E-state index is 8.77. The zero-order chi connectivity index (χ0) is 11.3. The van der Waals surface area contributed by atoms with Crippen molar-refractivity contribution in [2.24, 2.45) is 5.41 Å². The maximum atomic E-state index is 8.77. The molecule has 0 aliphatic carbocycles. The van der Waals surface area contributed by atoms with Gasteiger partial charge in [0.15, 0.2) is 5.13 Å². The van der Waals surface area contributed by atoms with E-state index in [0.29, 0.717) is 0 Å². The number of aromatic nitrogens is 1. The molecule has 0 saturated carbocycles. The fourth-order valence-electron chi connectivity index (χ4n) is 1.33. The molecule has 0 amide bonds. The molecule has 4 nitrogen and oxygen atoms in total. The van der Waals surface area contributed by atoms with Gasteiger partial charge in [-0.25, -0.2) is 4.98 Å². The van der Waals surface area contributed by atoms with Crippen LogP contribution in [-0.2, 0) is 0 Å². The Kier molecular flexibility index (Phi) is 4.35. The summed E-state index contributed by atoms with van der Waals surface area (Å²) in [5.74, 6) is 0. The minimum atomic E-state index is 0.170. The Balaban J connectivity index is 2.35. The molecule has 86 valence electrons. The van der Waals surface area contributed by atoms with Gasteiger partial charge in [-0.15, -0.1) is 0 Å². The number of hydrogen-bond acceptors (Lipinski definition) is 5. The summed E-state index contributed by atoms with van der Waals surface area (Å²) in [5, 5.41) is 13.6. The van der Waals surface area contributed by atoms with Crippen LogP contribution in [0, 0.1) is 5.41 Å². The number of thiazole rings is 1. The first kappa shape index (κ1) is 12.3. The van der Waals surface area contributed by atoms with Crippen molar-refractivity contribution in [2.75, 3.05) is 24.2 Å². The van der Waals surface area contributed by atoms with Crippen LogP contribution in [0.2, 0.25) is 0 Å². The standard InChI is InChI=1S/C10H19N3OS/c1-10(2,4-3-5-14)7-13-9-12-6-8(11)15-9/h6,14H,3-5,7,11H2,1-2H3,(H,12,13). The highest BCUT2D eigenvalue weighted by molar-refractivity contribution is 7.19. The van der Waals surface area contributed by atoms with Crippen molar-refractivity contribution in [3.05, 3.63) is 6.20 Å². The van der Waals surface area contributed by atoms with Crippen molar-refractivity contribution < 1.29 is 5.11 Å². The predicted molar refractivity (Wildman–Crippen MR) is 65.1 cm³/mol. The zero-order valence-electron chi connectivity index (χ0n) is 9.29. The lowest BCUT2D eigenvalue weighted by Gasteiger charge is -2.24. The molecule has 1 aromatic rings. The monoisotopic (exact) mass is 229 g/mol. The first-order chi connectivity index (χ1) is 7.03. The average Bonchev–Trinajstić information content (AvgIpc) is 2.59. The number of nitrogen functional groups attached to an aromatic ring is 1. The first-order valence-corrected chi connectivity index (χ1v) is 5.91. The Bertz CT molecular complexity index is 299. The van der Waals surface area contributed by atoms with E-state index in [9.17, 15) is 0 Å². The number of aliphatic hydroxyl groups excluding tert-OH is 1. The number of nitrogens with one attached hydrogen (secondary N) is 1. The lowest BCUT2D eigenvalue weighted by molar-refractivity contribution is 0.248. The molecule has 0 radical (unpaired) electrons. The lowest BCUT2D eigenvalue weighted by atomic mass is 9.88. The molecule has 0 aliphatic rings. The quantitative estimate of drug-likeness (QED) is 0.697. The number of aliphatic hydroxyl groups is 1. The van der Waals surface area contributed by atoms with Crippen LogP contribution < -0.4 is 11.1 Å². The lowest BCUT2D eigenvalue weighted by Crippen LogP contribution is -2.23. The van der Waals surface area contributed by atoms with Gasteiger partial charge >= 0.3 is 0 Å². The Morgan fingerprint density at radius 2 is 2.33 bits per heavy atom. The van der Waals surface area contributed by atoms with Crippen molar-refractivity contribution in [3.8, 4) is 0 Å². The van der Waals surface area contributed by atoms with Gasteiger partial charge in [-0.3, -0.25) is 0 Å². The zero-order valence-corrected chi connectivity index (χ0v) is 10.1. The van der Waals surface area contributed by atoms with E-state index in [-0.39, 0.29) is 12.0 Å². The molecule has 0 aromatic carbocycles. The van der Waals surface area contributed by atoms with E-state index >= 15 is 0 Å². The van der Waals surface area contributed by atoms with E-state index in [1.165, 1.54) is 11.3 Å². The van der Waals surface area contributed by atoms with Crippen LogP contribution in [0.5, 0.6) is 0 Å². The summed E-state index contributed by atoms with van der Waals surface area (Å²) >= 11 is 1.46. The van der Waals surface area contributed by atoms with E-state index in [2.05, 4.69) is 24.1 Å². The van der Waals surface area contributed by atoms with Gasteiger partial charge in [0.1, 0.15) is 5.00 Å². The second-order valence-corrected chi connectivity index (χ2v) is 5.47. The van der Waals surface area contributed by atoms with Gasteiger partial charge in [-0.05, 0) is 18.3 Å². The van der Waals surface area contributed by atoms with Gasteiger partial charge in [0, 0.05) is 13.2 Å². The normalized spacial score (nSPS) is 11.7. The Morgan fingerprint density at radius 1 is 1.60 bits per heavy atom. The van der Waals surface area contributed by atoms with Crippen LogP contribution in [0.4, 0.5) is 10.1 Å². The smallest absolute Gasteiger partial charge is 0.184 e. The average molecular weight is 229 g/mol. The molecule has 0 unspecified atom stereocenters. The van der Waals surface area contributed by atoms with Crippen molar-refractivity contribution in [1.29, 1.82) is 0 Å². The van der Waals surface area contributed by atoms with E-state index in [1.807, 2.05) is 0 Å². The second kappa shape index (κ2) is 5.32. The number of anilines is 2. The fraction of sp³-hybridized carbons (Fsp3) is 0.700. The van der Waals surface area contributed by atoms with Crippen molar-refractivity contribution in [2.45, 2.75) is 26.7 Å². The molecule has 0 atom stereocenters. The van der Waals surface area contributed by atoms with E-state index in [4.69, 9.17) is 10.8 Å². The van der Waals surface area contributed by atoms with Gasteiger partial charge < -0.3 is 16.2 Å². The summed E-state index contributed by atoms with van der Waals surface area (Å²) < 4.78 is 0. The van der Waals surface area contributed by atoms with Crippen molar-refractivity contribution >= 4 is 21.5 Å². The fourth-order valence-corrected chi connectivity index (χ4v) is 1.91. The third-order valence-electron chi connectivity index (χ3n) is 2.25. The van der Waals surface area contributed by atoms with Gasteiger partial charge in [-0.1, -0.05) is 25.2 Å². The van der Waals surface area contributed by atoms with Crippen LogP contribution in [0.1, 0.15) is 26.7 Å². The molecule has 0 aliphatic heterocycles. The molecule has 1 rings (SSSR count). The number of nitrogens with zero attached hydrogens (tertiary/aromatic N) is 1. The van der Waals surface area contributed by atoms with Gasteiger partial charge in [-0.2, -0.15) is 0 Å². The molecule has 5 heteroatoms. The van der Waals surface area contributed by atoms with Gasteiger partial charge in [0.25, 0.3) is 0 Å². The Morgan fingerprint density at radius 3 is 2.87 bits per heavy atom. The first-order valence-electron chi connectivity index (χ1n) is 5.09. The highest BCUT2D eigenvalue weighted by Crippen LogP contribution is 2.25. The van der Waals surface area contributed by atoms with Crippen molar-refractivity contribution in [3.63, 3.8) is 0 Å². The predicted octanol–water partition coefficient (Wildman–Crippen LogP) is 1.94. The molecule has 15 heavy (non-hydrogen) atoms. The van der Waals surface area contributed by atoms with Gasteiger partial charge in [0.2, 0.25) is 0 Å². The van der Waals surface area contributed by atoms with Crippen LogP contribution in [0.3, 0.4) is 0 Å². The molecular formula is C10H19N3OS. The third-order valence-corrected chi connectivity index (χ3v) is 3.04.